The molecule has 2 aromatic carbocycles. The second kappa shape index (κ2) is 10.3. The topological polar surface area (TPSA) is 102 Å². The standard InChI is InChI=1S/C25H28ClN3O5S/c1-4-17-8-9-18(25(30)33-3)12-24(17)35(31,32)28-22-13-19(20-15-27-34-16(20)2)21(26)14-23(22)29-10-6-5-7-11-29/h8-9,12-15,28H,4-7,10-11H2,1-3H3. The molecule has 0 saturated carbocycles. The van der Waals surface area contributed by atoms with Gasteiger partial charge in [0.1, 0.15) is 5.76 Å². The molecule has 0 atom stereocenters. The number of ether oxygens (including phenoxy) is 1. The third-order valence-electron chi connectivity index (χ3n) is 6.23. The van der Waals surface area contributed by atoms with Crippen molar-refractivity contribution >= 4 is 39.0 Å². The summed E-state index contributed by atoms with van der Waals surface area (Å²) in [6.07, 6.45) is 5.19. The smallest absolute Gasteiger partial charge is 0.337 e. The summed E-state index contributed by atoms with van der Waals surface area (Å²) in [6.45, 7) is 5.23. The molecule has 1 saturated heterocycles. The minimum absolute atomic E-state index is 0.0325. The number of rotatable bonds is 7. The van der Waals surface area contributed by atoms with E-state index in [9.17, 15) is 13.2 Å². The van der Waals surface area contributed by atoms with E-state index in [2.05, 4.69) is 14.8 Å². The number of anilines is 2. The van der Waals surface area contributed by atoms with E-state index in [-0.39, 0.29) is 10.5 Å². The first-order valence-electron chi connectivity index (χ1n) is 11.5. The molecule has 0 aliphatic carbocycles. The first kappa shape index (κ1) is 25.1. The van der Waals surface area contributed by atoms with Crippen LogP contribution in [0.3, 0.4) is 0 Å². The minimum Gasteiger partial charge on any atom is -0.465 e. The number of methoxy groups -OCH3 is 1. The Labute approximate surface area is 210 Å². The summed E-state index contributed by atoms with van der Waals surface area (Å²) < 4.78 is 40.1. The summed E-state index contributed by atoms with van der Waals surface area (Å²) in [5.74, 6) is -0.0275. The molecule has 186 valence electrons. The number of carbonyl (C=O) groups excluding carboxylic acids is 1. The van der Waals surface area contributed by atoms with Crippen LogP contribution in [-0.4, -0.2) is 39.7 Å². The van der Waals surface area contributed by atoms with E-state index >= 15 is 0 Å². The molecule has 2 heterocycles. The molecular weight excluding hydrogens is 490 g/mol. The zero-order valence-electron chi connectivity index (χ0n) is 19.9. The van der Waals surface area contributed by atoms with E-state index < -0.39 is 16.0 Å². The molecule has 0 bridgehead atoms. The quantitative estimate of drug-likeness (QED) is 0.416. The van der Waals surface area contributed by atoms with E-state index in [1.807, 2.05) is 6.92 Å². The van der Waals surface area contributed by atoms with Gasteiger partial charge in [-0.3, -0.25) is 4.72 Å². The molecule has 1 aliphatic heterocycles. The lowest BCUT2D eigenvalue weighted by Crippen LogP contribution is -2.30. The summed E-state index contributed by atoms with van der Waals surface area (Å²) >= 11 is 6.67. The van der Waals surface area contributed by atoms with Crippen molar-refractivity contribution in [3.8, 4) is 11.1 Å². The molecule has 0 amide bonds. The van der Waals surface area contributed by atoms with Crippen LogP contribution in [0.4, 0.5) is 11.4 Å². The number of nitrogens with one attached hydrogen (secondary N) is 1. The van der Waals surface area contributed by atoms with Crippen LogP contribution in [-0.2, 0) is 21.2 Å². The zero-order valence-corrected chi connectivity index (χ0v) is 21.5. The summed E-state index contributed by atoms with van der Waals surface area (Å²) in [7, 11) is -2.80. The van der Waals surface area contributed by atoms with Crippen LogP contribution in [0.25, 0.3) is 11.1 Å². The van der Waals surface area contributed by atoms with Gasteiger partial charge in [0, 0.05) is 24.2 Å². The number of esters is 1. The van der Waals surface area contributed by atoms with Gasteiger partial charge in [0.15, 0.2) is 0 Å². The van der Waals surface area contributed by atoms with Gasteiger partial charge in [-0.1, -0.05) is 29.7 Å². The number of hydrogen-bond acceptors (Lipinski definition) is 7. The Hall–Kier alpha value is -3.04. The molecule has 3 aromatic rings. The van der Waals surface area contributed by atoms with Gasteiger partial charge in [-0.15, -0.1) is 0 Å². The highest BCUT2D eigenvalue weighted by Gasteiger charge is 2.25. The molecule has 10 heteroatoms. The van der Waals surface area contributed by atoms with Crippen molar-refractivity contribution in [3.63, 3.8) is 0 Å². The molecular formula is C25H28ClN3O5S. The summed E-state index contributed by atoms with van der Waals surface area (Å²) in [5.41, 5.74) is 3.16. The van der Waals surface area contributed by atoms with E-state index in [1.165, 1.54) is 13.2 Å². The van der Waals surface area contributed by atoms with Gasteiger partial charge in [0.2, 0.25) is 0 Å². The molecule has 8 nitrogen and oxygen atoms in total. The molecule has 1 aromatic heterocycles. The van der Waals surface area contributed by atoms with Crippen LogP contribution in [0, 0.1) is 6.92 Å². The first-order valence-corrected chi connectivity index (χ1v) is 13.4. The molecule has 4 rings (SSSR count). The molecule has 1 aliphatic rings. The number of piperidine rings is 1. The van der Waals surface area contributed by atoms with E-state index in [1.54, 1.807) is 37.4 Å². The van der Waals surface area contributed by atoms with Crippen molar-refractivity contribution in [1.29, 1.82) is 0 Å². The molecule has 1 fully saturated rings. The largest absolute Gasteiger partial charge is 0.465 e. The van der Waals surface area contributed by atoms with Crippen LogP contribution in [0.2, 0.25) is 5.02 Å². The van der Waals surface area contributed by atoms with Gasteiger partial charge in [-0.2, -0.15) is 0 Å². The average Bonchev–Trinajstić information content (AvgIpc) is 3.29. The maximum absolute atomic E-state index is 13.7. The average molecular weight is 518 g/mol. The number of carbonyl (C=O) groups is 1. The van der Waals surface area contributed by atoms with E-state index in [0.717, 1.165) is 32.4 Å². The lowest BCUT2D eigenvalue weighted by molar-refractivity contribution is 0.0600. The summed E-state index contributed by atoms with van der Waals surface area (Å²) in [5, 5.41) is 4.31. The van der Waals surface area contributed by atoms with Crippen LogP contribution in [0.5, 0.6) is 0 Å². The van der Waals surface area contributed by atoms with Crippen LogP contribution in [0.15, 0.2) is 45.9 Å². The van der Waals surface area contributed by atoms with Crippen LogP contribution in [0.1, 0.15) is 47.9 Å². The van der Waals surface area contributed by atoms with Crippen molar-refractivity contribution in [1.82, 2.24) is 5.16 Å². The first-order chi connectivity index (χ1) is 16.7. The Bertz CT molecular complexity index is 1350. The van der Waals surface area contributed by atoms with Gasteiger partial charge in [0.05, 0.1) is 40.2 Å². The Morgan fingerprint density at radius 3 is 2.54 bits per heavy atom. The Morgan fingerprint density at radius 2 is 1.91 bits per heavy atom. The second-order valence-electron chi connectivity index (χ2n) is 8.47. The summed E-state index contributed by atoms with van der Waals surface area (Å²) in [6, 6.07) is 8.07. The van der Waals surface area contributed by atoms with Crippen molar-refractivity contribution in [2.45, 2.75) is 44.4 Å². The fourth-order valence-electron chi connectivity index (χ4n) is 4.35. The van der Waals surface area contributed by atoms with Gasteiger partial charge in [-0.05, 0) is 62.4 Å². The van der Waals surface area contributed by atoms with Crippen LogP contribution < -0.4 is 9.62 Å². The number of benzene rings is 2. The van der Waals surface area contributed by atoms with E-state index in [0.29, 0.717) is 45.3 Å². The number of aromatic nitrogens is 1. The normalized spacial score (nSPS) is 14.1. The number of hydrogen-bond donors (Lipinski definition) is 1. The number of nitrogens with zero attached hydrogens (tertiary/aromatic N) is 2. The fourth-order valence-corrected chi connectivity index (χ4v) is 6.01. The molecule has 0 unspecified atom stereocenters. The zero-order chi connectivity index (χ0) is 25.2. The highest BCUT2D eigenvalue weighted by atomic mass is 35.5. The SMILES string of the molecule is CCc1ccc(C(=O)OC)cc1S(=O)(=O)Nc1cc(-c2cnoc2C)c(Cl)cc1N1CCCCC1. The Balaban J connectivity index is 1.84. The third-order valence-corrected chi connectivity index (χ3v) is 7.99. The lowest BCUT2D eigenvalue weighted by Gasteiger charge is -2.31. The van der Waals surface area contributed by atoms with Gasteiger partial charge in [0.25, 0.3) is 10.0 Å². The summed E-state index contributed by atoms with van der Waals surface area (Å²) in [4.78, 5) is 14.3. The maximum Gasteiger partial charge on any atom is 0.337 e. The second-order valence-corrected chi connectivity index (χ2v) is 10.5. The number of aryl methyl sites for hydroxylation is 2. The number of halogens is 1. The maximum atomic E-state index is 13.7. The van der Waals surface area contributed by atoms with Gasteiger partial charge >= 0.3 is 5.97 Å². The van der Waals surface area contributed by atoms with E-state index in [4.69, 9.17) is 20.9 Å². The highest BCUT2D eigenvalue weighted by Crippen LogP contribution is 2.40. The van der Waals surface area contributed by atoms with Crippen molar-refractivity contribution in [2.24, 2.45) is 0 Å². The molecule has 1 N–H and O–H groups in total. The predicted octanol–water partition coefficient (Wildman–Crippen LogP) is 5.44. The lowest BCUT2D eigenvalue weighted by atomic mass is 10.0. The van der Waals surface area contributed by atoms with Gasteiger partial charge in [-0.25, -0.2) is 13.2 Å². The minimum atomic E-state index is -4.06. The van der Waals surface area contributed by atoms with Crippen LogP contribution >= 0.6 is 11.6 Å². The monoisotopic (exact) mass is 517 g/mol. The third kappa shape index (κ3) is 5.16. The Kier molecular flexibility index (Phi) is 7.37. The van der Waals surface area contributed by atoms with Gasteiger partial charge < -0.3 is 14.2 Å². The number of sulfonamides is 1. The van der Waals surface area contributed by atoms with Crippen molar-refractivity contribution < 1.29 is 22.5 Å². The highest BCUT2D eigenvalue weighted by molar-refractivity contribution is 7.92. The Morgan fingerprint density at radius 1 is 1.17 bits per heavy atom. The molecule has 0 spiro atoms. The van der Waals surface area contributed by atoms with Crippen molar-refractivity contribution in [2.75, 3.05) is 29.8 Å². The fraction of sp³-hybridized carbons (Fsp3) is 0.360. The van der Waals surface area contributed by atoms with Crippen molar-refractivity contribution in [3.05, 3.63) is 58.4 Å². The molecule has 0 radical (unpaired) electrons. The predicted molar refractivity (Wildman–Crippen MR) is 136 cm³/mol. The molecule has 35 heavy (non-hydrogen) atoms.